The molecule has 42 heavy (non-hydrogen) atoms. The molecule has 0 bridgehead atoms. The average molecular weight is 587 g/mol. The number of ether oxygens (including phenoxy) is 2. The molecular weight excluding hydrogens is 556 g/mol. The van der Waals surface area contributed by atoms with Gasteiger partial charge in [-0.05, 0) is 71.1 Å². The summed E-state index contributed by atoms with van der Waals surface area (Å²) in [6.45, 7) is 0. The highest BCUT2D eigenvalue weighted by Crippen LogP contribution is 2.28. The molecule has 9 heteroatoms. The Labute approximate surface area is 249 Å². The number of hydrogen-bond donors (Lipinski definition) is 3. The van der Waals surface area contributed by atoms with Crippen molar-refractivity contribution in [3.63, 3.8) is 0 Å². The number of aliphatic carboxylic acids is 1. The summed E-state index contributed by atoms with van der Waals surface area (Å²) in [4.78, 5) is 34.7. The number of carbonyl (C=O) groups is 3. The third-order valence-corrected chi connectivity index (χ3v) is 6.28. The Morgan fingerprint density at radius 3 is 2.02 bits per heavy atom. The molecule has 2 amide bonds. The van der Waals surface area contributed by atoms with Crippen LogP contribution in [0.25, 0.3) is 17.2 Å². The number of aryl methyl sites for hydroxylation is 1. The summed E-state index contributed by atoms with van der Waals surface area (Å²) in [5, 5.41) is 11.7. The second kappa shape index (κ2) is 15.6. The molecule has 4 N–H and O–H groups in total. The summed E-state index contributed by atoms with van der Waals surface area (Å²) in [5.74, 6) is -0.903. The monoisotopic (exact) mass is 586 g/mol. The lowest BCUT2D eigenvalue weighted by Crippen LogP contribution is -2.31. The molecule has 0 fully saturated rings. The molecule has 216 valence electrons. The van der Waals surface area contributed by atoms with E-state index in [4.69, 9.17) is 31.9 Å². The highest BCUT2D eigenvalue weighted by atomic mass is 35.5. The molecule has 0 heterocycles. The van der Waals surface area contributed by atoms with E-state index in [1.807, 2.05) is 54.6 Å². The van der Waals surface area contributed by atoms with E-state index in [0.29, 0.717) is 34.1 Å². The average Bonchev–Trinajstić information content (AvgIpc) is 3.01. The van der Waals surface area contributed by atoms with Crippen LogP contribution in [0.15, 0.2) is 103 Å². The molecule has 0 spiro atoms. The fourth-order valence-corrected chi connectivity index (χ4v) is 3.95. The van der Waals surface area contributed by atoms with Crippen LogP contribution in [0.5, 0.6) is 11.5 Å². The Hall–Kier alpha value is -5.08. The maximum Gasteiger partial charge on any atom is 0.303 e. The molecule has 0 radical (unpaired) electrons. The Morgan fingerprint density at radius 2 is 1.45 bits per heavy atom. The van der Waals surface area contributed by atoms with E-state index < -0.39 is 17.8 Å². The van der Waals surface area contributed by atoms with Gasteiger partial charge in [0.1, 0.15) is 5.70 Å². The second-order valence-corrected chi connectivity index (χ2v) is 9.39. The van der Waals surface area contributed by atoms with Gasteiger partial charge in [-0.15, -0.1) is 0 Å². The first-order valence-corrected chi connectivity index (χ1v) is 13.2. The number of benzene rings is 4. The van der Waals surface area contributed by atoms with Crippen molar-refractivity contribution in [1.29, 1.82) is 0 Å². The minimum atomic E-state index is -0.773. The number of carboxylic acid groups (broad SMARTS) is 1. The van der Waals surface area contributed by atoms with Crippen molar-refractivity contribution in [2.45, 2.75) is 12.8 Å². The van der Waals surface area contributed by atoms with Crippen molar-refractivity contribution in [3.8, 4) is 22.6 Å². The zero-order chi connectivity index (χ0) is 30.5. The van der Waals surface area contributed by atoms with Crippen LogP contribution < -0.4 is 20.5 Å². The standard InChI is InChI=1S/C24H22N2O4.C9H9ClO2/c1-29-21-13-8-16(15-22(21)30-2)14-20(23(25)27)26-24(28)19-11-9-18(10-12-19)17-6-4-3-5-7-17;10-8-4-1-7(2-5-8)3-6-9(11)12/h3-15H,1-2H3,(H2,25,27)(H,26,28);1-2,4-5H,3,6H2,(H,11,12)/b20-14+;. The largest absolute Gasteiger partial charge is 0.493 e. The molecule has 0 aliphatic carbocycles. The fraction of sp³-hybridized carbons (Fsp3) is 0.121. The Kier molecular flexibility index (Phi) is 11.7. The van der Waals surface area contributed by atoms with Crippen molar-refractivity contribution >= 4 is 35.5 Å². The van der Waals surface area contributed by atoms with Gasteiger partial charge in [0.25, 0.3) is 11.8 Å². The summed E-state index contributed by atoms with van der Waals surface area (Å²) in [7, 11) is 3.05. The number of hydrogen-bond acceptors (Lipinski definition) is 5. The fourth-order valence-electron chi connectivity index (χ4n) is 3.82. The lowest BCUT2D eigenvalue weighted by Gasteiger charge is -2.10. The quantitative estimate of drug-likeness (QED) is 0.196. The van der Waals surface area contributed by atoms with Crippen LogP contribution in [-0.4, -0.2) is 37.1 Å². The van der Waals surface area contributed by atoms with E-state index in [9.17, 15) is 14.4 Å². The van der Waals surface area contributed by atoms with E-state index in [1.54, 1.807) is 42.5 Å². The van der Waals surface area contributed by atoms with E-state index >= 15 is 0 Å². The van der Waals surface area contributed by atoms with Crippen LogP contribution in [0.3, 0.4) is 0 Å². The number of nitrogens with two attached hydrogens (primary N) is 1. The number of primary amides is 1. The van der Waals surface area contributed by atoms with Crippen LogP contribution in [0.2, 0.25) is 5.02 Å². The van der Waals surface area contributed by atoms with Crippen molar-refractivity contribution in [2.24, 2.45) is 5.73 Å². The Morgan fingerprint density at radius 1 is 0.833 bits per heavy atom. The summed E-state index contributed by atoms with van der Waals surface area (Å²) in [6, 6.07) is 29.3. The number of carbonyl (C=O) groups excluding carboxylic acids is 2. The van der Waals surface area contributed by atoms with Gasteiger partial charge < -0.3 is 25.6 Å². The molecule has 0 atom stereocenters. The summed E-state index contributed by atoms with van der Waals surface area (Å²) < 4.78 is 10.5. The van der Waals surface area contributed by atoms with Crippen LogP contribution in [-0.2, 0) is 16.0 Å². The van der Waals surface area contributed by atoms with Crippen molar-refractivity contribution in [2.75, 3.05) is 14.2 Å². The molecule has 0 unspecified atom stereocenters. The topological polar surface area (TPSA) is 128 Å². The first kappa shape index (κ1) is 31.4. The minimum Gasteiger partial charge on any atom is -0.493 e. The molecule has 4 aromatic rings. The molecule has 0 aliphatic rings. The first-order chi connectivity index (χ1) is 20.2. The maximum absolute atomic E-state index is 12.6. The van der Waals surface area contributed by atoms with Gasteiger partial charge in [-0.25, -0.2) is 0 Å². The van der Waals surface area contributed by atoms with E-state index in [-0.39, 0.29) is 12.1 Å². The maximum atomic E-state index is 12.6. The van der Waals surface area contributed by atoms with E-state index in [1.165, 1.54) is 20.3 Å². The van der Waals surface area contributed by atoms with Crippen molar-refractivity contribution in [3.05, 3.63) is 124 Å². The highest BCUT2D eigenvalue weighted by molar-refractivity contribution is 6.30. The summed E-state index contributed by atoms with van der Waals surface area (Å²) in [5.41, 5.74) is 9.51. The summed E-state index contributed by atoms with van der Waals surface area (Å²) in [6.07, 6.45) is 2.22. The number of amides is 2. The zero-order valence-corrected chi connectivity index (χ0v) is 23.9. The number of methoxy groups -OCH3 is 2. The molecule has 0 saturated carbocycles. The predicted molar refractivity (Wildman–Crippen MR) is 163 cm³/mol. The third-order valence-electron chi connectivity index (χ3n) is 6.03. The zero-order valence-electron chi connectivity index (χ0n) is 23.2. The van der Waals surface area contributed by atoms with Gasteiger partial charge in [-0.2, -0.15) is 0 Å². The Balaban J connectivity index is 0.000000337. The molecule has 0 aliphatic heterocycles. The second-order valence-electron chi connectivity index (χ2n) is 8.95. The number of nitrogens with one attached hydrogen (secondary N) is 1. The lowest BCUT2D eigenvalue weighted by atomic mass is 10.0. The third kappa shape index (κ3) is 9.53. The first-order valence-electron chi connectivity index (χ1n) is 12.9. The Bertz CT molecular complexity index is 1540. The summed E-state index contributed by atoms with van der Waals surface area (Å²) >= 11 is 5.66. The van der Waals surface area contributed by atoms with E-state index in [2.05, 4.69) is 5.32 Å². The smallest absolute Gasteiger partial charge is 0.303 e. The normalized spacial score (nSPS) is 10.6. The van der Waals surface area contributed by atoms with Crippen molar-refractivity contribution in [1.82, 2.24) is 5.32 Å². The van der Waals surface area contributed by atoms with Crippen molar-refractivity contribution < 1.29 is 29.0 Å². The minimum absolute atomic E-state index is 0.0284. The molecule has 8 nitrogen and oxygen atoms in total. The van der Waals surface area contributed by atoms with Crippen LogP contribution in [0.1, 0.15) is 27.9 Å². The van der Waals surface area contributed by atoms with Gasteiger partial charge in [0.2, 0.25) is 0 Å². The van der Waals surface area contributed by atoms with Crippen LogP contribution in [0.4, 0.5) is 0 Å². The molecular formula is C33H31ClN2O6. The van der Waals surface area contributed by atoms with Crippen LogP contribution in [0, 0.1) is 0 Å². The molecule has 0 saturated heterocycles. The number of halogens is 1. The van der Waals surface area contributed by atoms with E-state index in [0.717, 1.165) is 16.7 Å². The predicted octanol–water partition coefficient (Wildman–Crippen LogP) is 5.98. The molecule has 0 aromatic heterocycles. The number of carboxylic acids is 1. The van der Waals surface area contributed by atoms with Gasteiger partial charge in [0.15, 0.2) is 11.5 Å². The molecule has 4 rings (SSSR count). The highest BCUT2D eigenvalue weighted by Gasteiger charge is 2.13. The molecule has 4 aromatic carbocycles. The van der Waals surface area contributed by atoms with Gasteiger partial charge in [-0.3, -0.25) is 14.4 Å². The number of rotatable bonds is 10. The van der Waals surface area contributed by atoms with Gasteiger partial charge in [-0.1, -0.05) is 72.3 Å². The van der Waals surface area contributed by atoms with Gasteiger partial charge in [0, 0.05) is 17.0 Å². The van der Waals surface area contributed by atoms with Gasteiger partial charge >= 0.3 is 5.97 Å². The van der Waals surface area contributed by atoms with Crippen LogP contribution >= 0.6 is 11.6 Å². The van der Waals surface area contributed by atoms with Gasteiger partial charge in [0.05, 0.1) is 14.2 Å². The lowest BCUT2D eigenvalue weighted by molar-refractivity contribution is -0.137. The SMILES string of the molecule is COc1ccc(/C=C(/NC(=O)c2ccc(-c3ccccc3)cc2)C(N)=O)cc1OC.O=C(O)CCc1ccc(Cl)cc1.